The minimum absolute atomic E-state index is 0.250. The minimum Gasteiger partial charge on any atom is -0.462 e. The number of carbonyl (C=O) groups excluding carboxylic acids is 5. The topological polar surface area (TPSA) is 122 Å². The maximum absolute atomic E-state index is 12.6. The molecule has 3 aromatic carbocycles. The van der Waals surface area contributed by atoms with Crippen molar-refractivity contribution in [1.29, 1.82) is 0 Å². The Balaban J connectivity index is 1.31. The summed E-state index contributed by atoms with van der Waals surface area (Å²) in [5, 5.41) is 4.84. The van der Waals surface area contributed by atoms with Crippen LogP contribution in [0.25, 0.3) is 6.08 Å². The lowest BCUT2D eigenvalue weighted by Crippen LogP contribution is -2.36. The van der Waals surface area contributed by atoms with E-state index in [2.05, 4.69) is 10.6 Å². The van der Waals surface area contributed by atoms with Crippen LogP contribution in [0.3, 0.4) is 0 Å². The zero-order chi connectivity index (χ0) is 27.1. The lowest BCUT2D eigenvalue weighted by Gasteiger charge is -2.13. The van der Waals surface area contributed by atoms with E-state index in [0.717, 1.165) is 22.2 Å². The van der Waals surface area contributed by atoms with Crippen LogP contribution < -0.4 is 10.6 Å². The number of nitrogens with one attached hydrogen (secondary N) is 2. The van der Waals surface area contributed by atoms with E-state index < -0.39 is 29.6 Å². The normalized spacial score (nSPS) is 13.9. The first-order valence-corrected chi connectivity index (χ1v) is 12.4. The molecule has 0 atom stereocenters. The van der Waals surface area contributed by atoms with Gasteiger partial charge < -0.3 is 15.4 Å². The van der Waals surface area contributed by atoms with Crippen molar-refractivity contribution in [2.75, 3.05) is 23.8 Å². The zero-order valence-corrected chi connectivity index (χ0v) is 21.1. The molecule has 0 radical (unpaired) electrons. The molecule has 0 aromatic heterocycles. The van der Waals surface area contributed by atoms with E-state index in [9.17, 15) is 24.0 Å². The predicted molar refractivity (Wildman–Crippen MR) is 145 cm³/mol. The quantitative estimate of drug-likeness (QED) is 0.318. The molecule has 4 amide bonds. The standard InChI is InChI=1S/C28H23N3O6S/c1-2-37-27(35)20-10-14-22(15-11-20)30-25(33)19-8-12-21(13-9-19)29-24(32)17-31-26(34)23(38-28(31)36)16-18-6-4-3-5-7-18/h3-16H,2,17H2,1H3,(H,29,32)(H,30,33). The minimum atomic E-state index is -0.549. The highest BCUT2D eigenvalue weighted by Gasteiger charge is 2.36. The third-order valence-corrected chi connectivity index (χ3v) is 6.26. The molecule has 0 saturated carbocycles. The van der Waals surface area contributed by atoms with Gasteiger partial charge in [0.2, 0.25) is 5.91 Å². The van der Waals surface area contributed by atoms with Crippen LogP contribution in [-0.4, -0.2) is 47.0 Å². The number of esters is 1. The molecule has 2 N–H and O–H groups in total. The van der Waals surface area contributed by atoms with Gasteiger partial charge in [0.15, 0.2) is 0 Å². The average Bonchev–Trinajstić information content (AvgIpc) is 3.17. The van der Waals surface area contributed by atoms with Gasteiger partial charge in [-0.2, -0.15) is 0 Å². The molecule has 1 aliphatic rings. The van der Waals surface area contributed by atoms with Crippen LogP contribution in [0.4, 0.5) is 16.2 Å². The maximum Gasteiger partial charge on any atom is 0.338 e. The smallest absolute Gasteiger partial charge is 0.338 e. The molecule has 1 fully saturated rings. The number of nitrogens with zero attached hydrogens (tertiary/aromatic N) is 1. The summed E-state index contributed by atoms with van der Waals surface area (Å²) in [6.45, 7) is 1.56. The Bertz CT molecular complexity index is 1400. The Hall–Kier alpha value is -4.70. The molecule has 1 heterocycles. The second-order valence-corrected chi connectivity index (χ2v) is 9.05. The summed E-state index contributed by atoms with van der Waals surface area (Å²) in [6.07, 6.45) is 1.61. The van der Waals surface area contributed by atoms with Crippen LogP contribution in [0.15, 0.2) is 83.8 Å². The van der Waals surface area contributed by atoms with Crippen molar-refractivity contribution in [2.45, 2.75) is 6.92 Å². The molecule has 4 rings (SSSR count). The number of benzene rings is 3. The Morgan fingerprint density at radius 1 is 0.842 bits per heavy atom. The molecule has 1 aliphatic heterocycles. The molecule has 0 spiro atoms. The van der Waals surface area contributed by atoms with Crippen LogP contribution in [-0.2, 0) is 14.3 Å². The number of ether oxygens (including phenoxy) is 1. The van der Waals surface area contributed by atoms with E-state index in [0.29, 0.717) is 22.5 Å². The van der Waals surface area contributed by atoms with Gasteiger partial charge in [0.25, 0.3) is 17.1 Å². The van der Waals surface area contributed by atoms with Gasteiger partial charge >= 0.3 is 5.97 Å². The average molecular weight is 530 g/mol. The molecule has 10 heteroatoms. The highest BCUT2D eigenvalue weighted by Crippen LogP contribution is 2.32. The van der Waals surface area contributed by atoms with Crippen molar-refractivity contribution < 1.29 is 28.7 Å². The van der Waals surface area contributed by atoms with Gasteiger partial charge in [0.1, 0.15) is 6.54 Å². The number of hydrogen-bond donors (Lipinski definition) is 2. The van der Waals surface area contributed by atoms with Gasteiger partial charge in [-0.15, -0.1) is 0 Å². The molecule has 0 bridgehead atoms. The molecular weight excluding hydrogens is 506 g/mol. The van der Waals surface area contributed by atoms with Crippen molar-refractivity contribution >= 4 is 58.1 Å². The van der Waals surface area contributed by atoms with Crippen molar-refractivity contribution in [2.24, 2.45) is 0 Å². The van der Waals surface area contributed by atoms with Gasteiger partial charge in [0, 0.05) is 16.9 Å². The maximum atomic E-state index is 12.6. The number of rotatable bonds is 8. The molecular formula is C28H23N3O6S. The van der Waals surface area contributed by atoms with Crippen LogP contribution in [0.1, 0.15) is 33.2 Å². The van der Waals surface area contributed by atoms with Gasteiger partial charge in [-0.25, -0.2) is 4.79 Å². The lowest BCUT2D eigenvalue weighted by molar-refractivity contribution is -0.127. The number of thioether (sulfide) groups is 1. The number of imide groups is 1. The van der Waals surface area contributed by atoms with E-state index in [1.165, 1.54) is 12.1 Å². The van der Waals surface area contributed by atoms with Gasteiger partial charge in [-0.1, -0.05) is 30.3 Å². The van der Waals surface area contributed by atoms with E-state index in [-0.39, 0.29) is 17.4 Å². The van der Waals surface area contributed by atoms with E-state index in [1.807, 2.05) is 30.3 Å². The first-order valence-electron chi connectivity index (χ1n) is 11.6. The zero-order valence-electron chi connectivity index (χ0n) is 20.3. The summed E-state index contributed by atoms with van der Waals surface area (Å²) < 4.78 is 4.94. The van der Waals surface area contributed by atoms with Gasteiger partial charge in [0.05, 0.1) is 17.1 Å². The highest BCUT2D eigenvalue weighted by molar-refractivity contribution is 8.18. The van der Waals surface area contributed by atoms with E-state index in [1.54, 1.807) is 49.4 Å². The number of amides is 4. The monoisotopic (exact) mass is 529 g/mol. The molecule has 192 valence electrons. The fourth-order valence-corrected chi connectivity index (χ4v) is 4.33. The molecule has 38 heavy (non-hydrogen) atoms. The Kier molecular flexibility index (Phi) is 8.34. The van der Waals surface area contributed by atoms with Crippen molar-refractivity contribution in [3.8, 4) is 0 Å². The number of hydrogen-bond acceptors (Lipinski definition) is 7. The molecule has 0 unspecified atom stereocenters. The molecule has 3 aromatic rings. The lowest BCUT2D eigenvalue weighted by atomic mass is 10.1. The second kappa shape index (κ2) is 12.0. The largest absolute Gasteiger partial charge is 0.462 e. The summed E-state index contributed by atoms with van der Waals surface area (Å²) in [6, 6.07) is 21.6. The highest BCUT2D eigenvalue weighted by atomic mass is 32.2. The van der Waals surface area contributed by atoms with E-state index in [4.69, 9.17) is 4.74 Å². The van der Waals surface area contributed by atoms with E-state index >= 15 is 0 Å². The summed E-state index contributed by atoms with van der Waals surface area (Å²) in [5.74, 6) is -1.90. The Labute approximate surface area is 222 Å². The van der Waals surface area contributed by atoms with Crippen LogP contribution in [0.5, 0.6) is 0 Å². The third kappa shape index (κ3) is 6.54. The molecule has 0 aliphatic carbocycles. The Morgan fingerprint density at radius 3 is 2.08 bits per heavy atom. The fourth-order valence-electron chi connectivity index (χ4n) is 3.49. The Morgan fingerprint density at radius 2 is 1.45 bits per heavy atom. The van der Waals surface area contributed by atoms with Crippen LogP contribution >= 0.6 is 11.8 Å². The number of carbonyl (C=O) groups is 5. The first-order chi connectivity index (χ1) is 18.3. The predicted octanol–water partition coefficient (Wildman–Crippen LogP) is 4.79. The van der Waals surface area contributed by atoms with Crippen LogP contribution in [0, 0.1) is 0 Å². The van der Waals surface area contributed by atoms with Gasteiger partial charge in [-0.05, 0) is 78.9 Å². The summed E-state index contributed by atoms with van der Waals surface area (Å²) >= 11 is 0.786. The summed E-state index contributed by atoms with van der Waals surface area (Å²) in [7, 11) is 0. The molecule has 9 nitrogen and oxygen atoms in total. The SMILES string of the molecule is CCOC(=O)c1ccc(NC(=O)c2ccc(NC(=O)CN3C(=O)SC(=Cc4ccccc4)C3=O)cc2)cc1. The van der Waals surface area contributed by atoms with Gasteiger partial charge in [-0.3, -0.25) is 24.1 Å². The third-order valence-electron chi connectivity index (χ3n) is 5.36. The first kappa shape index (κ1) is 26.4. The van der Waals surface area contributed by atoms with Crippen molar-refractivity contribution in [3.05, 3.63) is 100 Å². The van der Waals surface area contributed by atoms with Crippen molar-refractivity contribution in [1.82, 2.24) is 4.90 Å². The van der Waals surface area contributed by atoms with Crippen LogP contribution in [0.2, 0.25) is 0 Å². The van der Waals surface area contributed by atoms with Crippen molar-refractivity contribution in [3.63, 3.8) is 0 Å². The second-order valence-electron chi connectivity index (χ2n) is 8.06. The molecule has 1 saturated heterocycles. The fraction of sp³-hybridized carbons (Fsp3) is 0.107. The number of anilines is 2. The summed E-state index contributed by atoms with van der Waals surface area (Å²) in [5.41, 5.74) is 2.40. The summed E-state index contributed by atoms with van der Waals surface area (Å²) in [4.78, 5) is 62.9.